The molecule has 0 fully saturated rings. The zero-order valence-corrected chi connectivity index (χ0v) is 20.4. The topological polar surface area (TPSA) is 105 Å². The number of fused-ring (bicyclic) bond motifs is 1. The number of hydrogen-bond donors (Lipinski definition) is 2. The van der Waals surface area contributed by atoms with Crippen LogP contribution in [0.15, 0.2) is 96.3 Å². The van der Waals surface area contributed by atoms with Crippen molar-refractivity contribution in [2.75, 3.05) is 5.32 Å². The molecule has 5 aromatic rings. The fourth-order valence-corrected chi connectivity index (χ4v) is 3.91. The van der Waals surface area contributed by atoms with Gasteiger partial charge in [-0.3, -0.25) is 9.54 Å². The molecule has 0 amide bonds. The molecule has 13 heteroatoms. The summed E-state index contributed by atoms with van der Waals surface area (Å²) in [6.45, 7) is 0. The normalized spacial score (nSPS) is 11.5. The minimum Gasteiger partial charge on any atom is -0.338 e. The number of halogens is 5. The highest BCUT2D eigenvalue weighted by Gasteiger charge is 2.30. The quantitative estimate of drug-likeness (QED) is 0.187. The molecule has 7 nitrogen and oxygen atoms in total. The van der Waals surface area contributed by atoms with Crippen molar-refractivity contribution in [3.8, 4) is 11.3 Å². The highest BCUT2D eigenvalue weighted by molar-refractivity contribution is 7.85. The van der Waals surface area contributed by atoms with Gasteiger partial charge in [-0.05, 0) is 48.5 Å². The Bertz CT molecular complexity index is 1720. The fourth-order valence-electron chi connectivity index (χ4n) is 3.41. The number of hydrogen-bond acceptors (Lipinski definition) is 6. The molecule has 39 heavy (non-hydrogen) atoms. The second kappa shape index (κ2) is 11.1. The number of benzene rings is 3. The lowest BCUT2D eigenvalue weighted by atomic mass is 10.1. The van der Waals surface area contributed by atoms with Crippen molar-refractivity contribution in [1.82, 2.24) is 15.0 Å². The smallest absolute Gasteiger partial charge is 0.338 e. The van der Waals surface area contributed by atoms with E-state index in [9.17, 15) is 30.4 Å². The molecule has 3 aromatic carbocycles. The van der Waals surface area contributed by atoms with Crippen molar-refractivity contribution in [2.24, 2.45) is 0 Å². The minimum atomic E-state index is -4.48. The van der Waals surface area contributed by atoms with Crippen LogP contribution in [0.25, 0.3) is 22.2 Å². The van der Waals surface area contributed by atoms with Gasteiger partial charge in [0.2, 0.25) is 0 Å². The Labute approximate surface area is 218 Å². The molecule has 0 aliphatic carbocycles. The standard InChI is InChI=1S/C20H11F5N4.C6H6O3S/c21-15-14(8-3-11-2-1-9-26-17(11)15)18-16(22)19(28-10-27-18)29-13-6-4-12(5-7-13)20(23,24)25;7-10(8,9)6-4-2-1-3-5-6/h1-10H,(H,27,28,29);1-5H,(H,7,8,9). The van der Waals surface area contributed by atoms with E-state index in [1.807, 2.05) is 0 Å². The fraction of sp³-hybridized carbons (Fsp3) is 0.0385. The summed E-state index contributed by atoms with van der Waals surface area (Å²) in [6, 6.07) is 17.7. The summed E-state index contributed by atoms with van der Waals surface area (Å²) in [4.78, 5) is 11.5. The van der Waals surface area contributed by atoms with Crippen molar-refractivity contribution in [3.63, 3.8) is 0 Å². The highest BCUT2D eigenvalue weighted by Crippen LogP contribution is 2.32. The van der Waals surface area contributed by atoms with Gasteiger partial charge in [0.1, 0.15) is 17.5 Å². The van der Waals surface area contributed by atoms with E-state index in [-0.39, 0.29) is 33.2 Å². The third-order valence-electron chi connectivity index (χ3n) is 5.27. The van der Waals surface area contributed by atoms with Gasteiger partial charge in [-0.15, -0.1) is 0 Å². The summed E-state index contributed by atoms with van der Waals surface area (Å²) in [7, 11) is -4.00. The lowest BCUT2D eigenvalue weighted by Gasteiger charge is -2.11. The van der Waals surface area contributed by atoms with Crippen molar-refractivity contribution in [1.29, 1.82) is 0 Å². The summed E-state index contributed by atoms with van der Waals surface area (Å²) in [5.41, 5.74) is -0.980. The minimum absolute atomic E-state index is 0.0697. The van der Waals surface area contributed by atoms with Gasteiger partial charge in [-0.2, -0.15) is 21.6 Å². The predicted octanol–water partition coefficient (Wildman–Crippen LogP) is 6.67. The van der Waals surface area contributed by atoms with E-state index in [2.05, 4.69) is 20.3 Å². The molecule has 200 valence electrons. The number of anilines is 2. The first-order valence-corrected chi connectivity index (χ1v) is 12.4. The summed E-state index contributed by atoms with van der Waals surface area (Å²) in [5.74, 6) is -1.97. The summed E-state index contributed by atoms with van der Waals surface area (Å²) < 4.78 is 97.0. The number of nitrogens with zero attached hydrogens (tertiary/aromatic N) is 3. The van der Waals surface area contributed by atoms with E-state index >= 15 is 0 Å². The lowest BCUT2D eigenvalue weighted by Crippen LogP contribution is -2.05. The third kappa shape index (κ3) is 6.51. The SMILES string of the molecule is Fc1c(Nc2ccc(C(F)(F)F)cc2)ncnc1-c1ccc2cccnc2c1F.O=S(=O)(O)c1ccccc1. The molecule has 0 saturated heterocycles. The highest BCUT2D eigenvalue weighted by atomic mass is 32.2. The first-order valence-electron chi connectivity index (χ1n) is 11.0. The molecule has 0 atom stereocenters. The molecule has 5 rings (SSSR count). The molecule has 0 saturated carbocycles. The molecule has 0 aliphatic heterocycles. The molecular formula is C26H17F5N4O3S. The molecule has 2 N–H and O–H groups in total. The average Bonchev–Trinajstić information content (AvgIpc) is 2.91. The Balaban J connectivity index is 0.000000298. The Kier molecular flexibility index (Phi) is 7.83. The second-order valence-electron chi connectivity index (χ2n) is 7.88. The summed E-state index contributed by atoms with van der Waals surface area (Å²) in [5, 5.41) is 3.13. The van der Waals surface area contributed by atoms with Gasteiger partial charge in [-0.25, -0.2) is 18.7 Å². The first-order chi connectivity index (χ1) is 18.4. The first kappa shape index (κ1) is 27.5. The maximum Gasteiger partial charge on any atom is 0.416 e. The van der Waals surface area contributed by atoms with Crippen molar-refractivity contribution in [3.05, 3.63) is 109 Å². The molecule has 0 spiro atoms. The van der Waals surface area contributed by atoms with Crippen LogP contribution in [-0.2, 0) is 16.3 Å². The Morgan fingerprint density at radius 1 is 0.769 bits per heavy atom. The van der Waals surface area contributed by atoms with Crippen LogP contribution >= 0.6 is 0 Å². The van der Waals surface area contributed by atoms with Crippen LogP contribution in [0.2, 0.25) is 0 Å². The molecule has 0 aliphatic rings. The van der Waals surface area contributed by atoms with E-state index in [1.165, 1.54) is 24.4 Å². The predicted molar refractivity (Wildman–Crippen MR) is 134 cm³/mol. The van der Waals surface area contributed by atoms with Crippen LogP contribution < -0.4 is 5.32 Å². The van der Waals surface area contributed by atoms with Gasteiger partial charge in [0.15, 0.2) is 17.5 Å². The second-order valence-corrected chi connectivity index (χ2v) is 9.30. The van der Waals surface area contributed by atoms with Crippen molar-refractivity contribution >= 4 is 32.5 Å². The van der Waals surface area contributed by atoms with Crippen molar-refractivity contribution < 1.29 is 34.9 Å². The molecular weight excluding hydrogens is 543 g/mol. The van der Waals surface area contributed by atoms with E-state index in [0.717, 1.165) is 30.6 Å². The van der Waals surface area contributed by atoms with Crippen molar-refractivity contribution in [2.45, 2.75) is 11.1 Å². The molecule has 2 heterocycles. The average molecular weight is 561 g/mol. The Morgan fingerprint density at radius 3 is 2.08 bits per heavy atom. The zero-order valence-electron chi connectivity index (χ0n) is 19.6. The van der Waals surface area contributed by atoms with Crippen LogP contribution in [0.4, 0.5) is 33.5 Å². The third-order valence-corrected chi connectivity index (χ3v) is 6.14. The Morgan fingerprint density at radius 2 is 1.46 bits per heavy atom. The van der Waals surface area contributed by atoms with E-state index in [4.69, 9.17) is 4.55 Å². The van der Waals surface area contributed by atoms with Gasteiger partial charge in [0, 0.05) is 22.8 Å². The van der Waals surface area contributed by atoms with E-state index < -0.39 is 33.5 Å². The zero-order chi connectivity index (χ0) is 28.2. The Hall–Kier alpha value is -4.49. The largest absolute Gasteiger partial charge is 0.416 e. The van der Waals surface area contributed by atoms with Gasteiger partial charge in [-0.1, -0.05) is 30.3 Å². The van der Waals surface area contributed by atoms with E-state index in [1.54, 1.807) is 36.4 Å². The number of aromatic nitrogens is 3. The lowest BCUT2D eigenvalue weighted by molar-refractivity contribution is -0.137. The number of pyridine rings is 1. The van der Waals surface area contributed by atoms with Gasteiger partial charge in [0.05, 0.1) is 10.5 Å². The van der Waals surface area contributed by atoms with Crippen LogP contribution in [0.1, 0.15) is 5.56 Å². The molecule has 0 radical (unpaired) electrons. The van der Waals surface area contributed by atoms with Crippen LogP contribution in [0.5, 0.6) is 0 Å². The van der Waals surface area contributed by atoms with Crippen LogP contribution in [0.3, 0.4) is 0 Å². The molecule has 0 bridgehead atoms. The maximum absolute atomic E-state index is 14.9. The van der Waals surface area contributed by atoms with Gasteiger partial charge in [0.25, 0.3) is 10.1 Å². The van der Waals surface area contributed by atoms with Gasteiger partial charge < -0.3 is 5.32 Å². The van der Waals surface area contributed by atoms with Crippen LogP contribution in [-0.4, -0.2) is 27.9 Å². The maximum atomic E-state index is 14.9. The molecule has 0 unspecified atom stereocenters. The number of rotatable bonds is 4. The summed E-state index contributed by atoms with van der Waals surface area (Å²) in [6.07, 6.45) is -2.02. The van der Waals surface area contributed by atoms with Gasteiger partial charge >= 0.3 is 6.18 Å². The van der Waals surface area contributed by atoms with E-state index in [0.29, 0.717) is 5.39 Å². The van der Waals surface area contributed by atoms with Crippen LogP contribution in [0, 0.1) is 11.6 Å². The monoisotopic (exact) mass is 560 g/mol. The molecule has 2 aromatic heterocycles. The number of nitrogens with one attached hydrogen (secondary N) is 1. The number of alkyl halides is 3. The summed E-state index contributed by atoms with van der Waals surface area (Å²) >= 11 is 0.